The van der Waals surface area contributed by atoms with E-state index < -0.39 is 11.7 Å². The van der Waals surface area contributed by atoms with Gasteiger partial charge in [0.05, 0.1) is 33.3 Å². The van der Waals surface area contributed by atoms with Crippen LogP contribution < -0.4 is 0 Å². The van der Waals surface area contributed by atoms with Gasteiger partial charge in [-0.25, -0.2) is 9.97 Å². The van der Waals surface area contributed by atoms with E-state index in [1.807, 2.05) is 19.2 Å². The third-order valence-electron chi connectivity index (χ3n) is 5.27. The van der Waals surface area contributed by atoms with Crippen molar-refractivity contribution in [2.45, 2.75) is 39.4 Å². The van der Waals surface area contributed by atoms with Gasteiger partial charge >= 0.3 is 6.18 Å². The molecule has 1 saturated heterocycles. The fourth-order valence-corrected chi connectivity index (χ4v) is 5.59. The minimum Gasteiger partial charge on any atom is -0.299 e. The van der Waals surface area contributed by atoms with Crippen LogP contribution in [0.2, 0.25) is 0 Å². The Hall–Kier alpha value is -2.10. The van der Waals surface area contributed by atoms with E-state index in [2.05, 4.69) is 14.9 Å². The molecule has 3 heterocycles. The maximum Gasteiger partial charge on any atom is 0.416 e. The third kappa shape index (κ3) is 5.39. The minimum absolute atomic E-state index is 0.178. The van der Waals surface area contributed by atoms with Gasteiger partial charge in [-0.1, -0.05) is 12.1 Å². The lowest BCUT2D eigenvalue weighted by Gasteiger charge is -2.39. The van der Waals surface area contributed by atoms with Crippen LogP contribution in [0.1, 0.15) is 33.3 Å². The van der Waals surface area contributed by atoms with Crippen molar-refractivity contribution in [3.63, 3.8) is 0 Å². The molecule has 0 aliphatic carbocycles. The van der Waals surface area contributed by atoms with Gasteiger partial charge in [0.1, 0.15) is 10.8 Å². The van der Waals surface area contributed by atoms with Crippen LogP contribution in [0.5, 0.6) is 0 Å². The number of carbonyl (C=O) groups excluding carboxylic acids is 1. The molecule has 4 rings (SSSR count). The van der Waals surface area contributed by atoms with Crippen LogP contribution in [-0.2, 0) is 23.9 Å². The summed E-state index contributed by atoms with van der Waals surface area (Å²) in [6, 6.07) is 5.28. The van der Waals surface area contributed by atoms with Crippen LogP contribution in [0.25, 0.3) is 10.6 Å². The molecule has 1 aromatic carbocycles. The van der Waals surface area contributed by atoms with Gasteiger partial charge in [0.2, 0.25) is 0 Å². The molecule has 0 N–H and O–H groups in total. The highest BCUT2D eigenvalue weighted by Gasteiger charge is 2.31. The molecule has 31 heavy (non-hydrogen) atoms. The van der Waals surface area contributed by atoms with Gasteiger partial charge in [0, 0.05) is 31.4 Å². The van der Waals surface area contributed by atoms with E-state index in [1.54, 1.807) is 11.3 Å². The maximum absolute atomic E-state index is 12.6. The Balaban J connectivity index is 1.23. The molecule has 2 aromatic heterocycles. The molecule has 3 aromatic rings. The van der Waals surface area contributed by atoms with Crippen molar-refractivity contribution in [2.24, 2.45) is 5.92 Å². The molecule has 1 fully saturated rings. The van der Waals surface area contributed by atoms with E-state index in [-0.39, 0.29) is 5.78 Å². The monoisotopic (exact) mass is 465 g/mol. The van der Waals surface area contributed by atoms with Crippen molar-refractivity contribution < 1.29 is 18.0 Å². The summed E-state index contributed by atoms with van der Waals surface area (Å²) in [7, 11) is 0. The fourth-order valence-electron chi connectivity index (χ4n) is 3.82. The topological polar surface area (TPSA) is 46.1 Å². The second-order valence-corrected chi connectivity index (χ2v) is 10.1. The number of aryl methyl sites for hydroxylation is 2. The highest BCUT2D eigenvalue weighted by Crippen LogP contribution is 2.32. The van der Waals surface area contributed by atoms with Gasteiger partial charge in [0.25, 0.3) is 0 Å². The summed E-state index contributed by atoms with van der Waals surface area (Å²) >= 11 is 3.12. The molecule has 1 aliphatic heterocycles. The zero-order valence-electron chi connectivity index (χ0n) is 17.2. The summed E-state index contributed by atoms with van der Waals surface area (Å²) in [5.74, 6) is 0.477. The molecule has 0 saturated carbocycles. The Bertz CT molecular complexity index is 1070. The first-order valence-electron chi connectivity index (χ1n) is 9.96. The predicted molar refractivity (Wildman–Crippen MR) is 116 cm³/mol. The summed E-state index contributed by atoms with van der Waals surface area (Å²) in [6.07, 6.45) is -3.45. The number of hydrogen-bond acceptors (Lipinski definition) is 6. The zero-order chi connectivity index (χ0) is 22.2. The summed E-state index contributed by atoms with van der Waals surface area (Å²) in [5.41, 5.74) is 2.08. The molecule has 164 valence electrons. The molecule has 0 spiro atoms. The van der Waals surface area contributed by atoms with Crippen LogP contribution >= 0.6 is 22.7 Å². The number of alkyl halides is 3. The molecule has 0 amide bonds. The Kier molecular flexibility index (Phi) is 6.27. The zero-order valence-corrected chi connectivity index (χ0v) is 18.8. The number of nitrogens with zero attached hydrogens (tertiary/aromatic N) is 3. The average molecular weight is 466 g/mol. The molecule has 1 aliphatic rings. The van der Waals surface area contributed by atoms with Gasteiger partial charge in [-0.3, -0.25) is 9.69 Å². The molecule has 4 nitrogen and oxygen atoms in total. The number of Topliss-reactive ketones (excluding diaryl/α,β-unsaturated/α-hetero) is 1. The van der Waals surface area contributed by atoms with E-state index in [0.29, 0.717) is 25.3 Å². The minimum atomic E-state index is -4.31. The molecule has 0 radical (unpaired) electrons. The Labute approximate surface area is 186 Å². The Morgan fingerprint density at radius 2 is 1.87 bits per heavy atom. The Morgan fingerprint density at radius 3 is 2.48 bits per heavy atom. The van der Waals surface area contributed by atoms with Gasteiger partial charge in [-0.05, 0) is 37.5 Å². The lowest BCUT2D eigenvalue weighted by atomic mass is 9.92. The normalized spacial score (nSPS) is 15.3. The molecule has 9 heteroatoms. The number of aromatic nitrogens is 2. The highest BCUT2D eigenvalue weighted by atomic mass is 32.1. The van der Waals surface area contributed by atoms with Crippen molar-refractivity contribution >= 4 is 28.5 Å². The quantitative estimate of drug-likeness (QED) is 0.460. The predicted octanol–water partition coefficient (Wildman–Crippen LogP) is 5.54. The molecule has 0 bridgehead atoms. The summed E-state index contributed by atoms with van der Waals surface area (Å²) in [5, 5.41) is 3.81. The van der Waals surface area contributed by atoms with Crippen molar-refractivity contribution in [1.29, 1.82) is 0 Å². The largest absolute Gasteiger partial charge is 0.416 e. The number of halogens is 3. The second kappa shape index (κ2) is 8.80. The van der Waals surface area contributed by atoms with Gasteiger partial charge in [0.15, 0.2) is 0 Å². The first kappa shape index (κ1) is 22.1. The summed E-state index contributed by atoms with van der Waals surface area (Å²) in [6.45, 7) is 6.12. The standard InChI is InChI=1S/C22H22F3N3OS2/c1-13-21(31-14(2)26-13)19-12-30-20(27-19)8-18(29)7-16-10-28(11-16)9-15-3-5-17(6-4-15)22(23,24)25/h3-6,12,16H,7-11H2,1-2H3. The first-order valence-corrected chi connectivity index (χ1v) is 11.7. The number of likely N-dealkylation sites (tertiary alicyclic amines) is 1. The average Bonchev–Trinajstić information content (AvgIpc) is 3.25. The maximum atomic E-state index is 12.6. The van der Waals surface area contributed by atoms with Crippen LogP contribution in [0.15, 0.2) is 29.6 Å². The molecule has 0 atom stereocenters. The first-order chi connectivity index (χ1) is 14.7. The number of thiazole rings is 2. The Morgan fingerprint density at radius 1 is 1.16 bits per heavy atom. The second-order valence-electron chi connectivity index (χ2n) is 7.95. The van der Waals surface area contributed by atoms with E-state index in [9.17, 15) is 18.0 Å². The third-order valence-corrected chi connectivity index (χ3v) is 7.22. The lowest BCUT2D eigenvalue weighted by molar-refractivity contribution is -0.137. The number of carbonyl (C=O) groups is 1. The smallest absolute Gasteiger partial charge is 0.299 e. The SMILES string of the molecule is Cc1nc(C)c(-c2csc(CC(=O)CC3CN(Cc4ccc(C(F)(F)F)cc4)C3)n2)s1. The van der Waals surface area contributed by atoms with Crippen LogP contribution in [0.3, 0.4) is 0 Å². The van der Waals surface area contributed by atoms with Gasteiger partial charge in [-0.15, -0.1) is 22.7 Å². The van der Waals surface area contributed by atoms with Crippen molar-refractivity contribution in [3.05, 3.63) is 56.5 Å². The van der Waals surface area contributed by atoms with Crippen molar-refractivity contribution in [1.82, 2.24) is 14.9 Å². The van der Waals surface area contributed by atoms with E-state index in [4.69, 9.17) is 0 Å². The van der Waals surface area contributed by atoms with Gasteiger partial charge < -0.3 is 0 Å². The van der Waals surface area contributed by atoms with Crippen molar-refractivity contribution in [3.8, 4) is 10.6 Å². The number of ketones is 1. The van der Waals surface area contributed by atoms with E-state index >= 15 is 0 Å². The van der Waals surface area contributed by atoms with Gasteiger partial charge in [-0.2, -0.15) is 13.2 Å². The summed E-state index contributed by atoms with van der Waals surface area (Å²) < 4.78 is 37.9. The van der Waals surface area contributed by atoms with Crippen LogP contribution in [0.4, 0.5) is 13.2 Å². The lowest BCUT2D eigenvalue weighted by Crippen LogP contribution is -2.46. The molecular formula is C22H22F3N3OS2. The molecule has 0 unspecified atom stereocenters. The molecular weight excluding hydrogens is 443 g/mol. The number of benzene rings is 1. The van der Waals surface area contributed by atoms with E-state index in [1.165, 1.54) is 23.5 Å². The van der Waals surface area contributed by atoms with Crippen LogP contribution in [-0.4, -0.2) is 33.7 Å². The highest BCUT2D eigenvalue weighted by molar-refractivity contribution is 7.16. The van der Waals surface area contributed by atoms with Crippen LogP contribution in [0, 0.1) is 19.8 Å². The number of rotatable bonds is 7. The van der Waals surface area contributed by atoms with Crippen molar-refractivity contribution in [2.75, 3.05) is 13.1 Å². The van der Waals surface area contributed by atoms with E-state index in [0.717, 1.165) is 57.1 Å². The summed E-state index contributed by atoms with van der Waals surface area (Å²) in [4.78, 5) is 24.7. The fraction of sp³-hybridized carbons (Fsp3) is 0.409. The number of hydrogen-bond donors (Lipinski definition) is 0.